The molecule has 0 aliphatic heterocycles. The van der Waals surface area contributed by atoms with E-state index in [4.69, 9.17) is 16.3 Å². The van der Waals surface area contributed by atoms with Crippen molar-refractivity contribution in [2.24, 2.45) is 0 Å². The molecular formula is C17H20ClNO. The summed E-state index contributed by atoms with van der Waals surface area (Å²) in [5, 5.41) is 4.17. The number of benzene rings is 2. The standard InChI is InChI=1S/C17H20ClNO/c1-11-10-13(8-9-16(11)20-4)17(19-3)14-6-5-7-15(18)12(14)2/h5-10,17,19H,1-4H3. The van der Waals surface area contributed by atoms with Crippen molar-refractivity contribution < 1.29 is 4.74 Å². The SMILES string of the molecule is CNC(c1ccc(OC)c(C)c1)c1cccc(Cl)c1C. The number of hydrogen-bond acceptors (Lipinski definition) is 2. The molecular weight excluding hydrogens is 270 g/mol. The Bertz CT molecular complexity index is 610. The summed E-state index contributed by atoms with van der Waals surface area (Å²) in [4.78, 5) is 0. The van der Waals surface area contributed by atoms with E-state index in [0.29, 0.717) is 0 Å². The van der Waals surface area contributed by atoms with E-state index in [1.54, 1.807) is 7.11 Å². The smallest absolute Gasteiger partial charge is 0.121 e. The van der Waals surface area contributed by atoms with Gasteiger partial charge < -0.3 is 10.1 Å². The third-order valence-electron chi connectivity index (χ3n) is 3.66. The molecule has 0 radical (unpaired) electrons. The molecule has 1 unspecified atom stereocenters. The van der Waals surface area contributed by atoms with Crippen molar-refractivity contribution in [3.63, 3.8) is 0 Å². The average Bonchev–Trinajstić information content (AvgIpc) is 2.44. The van der Waals surface area contributed by atoms with Crippen molar-refractivity contribution >= 4 is 11.6 Å². The lowest BCUT2D eigenvalue weighted by Gasteiger charge is -2.21. The maximum absolute atomic E-state index is 6.23. The van der Waals surface area contributed by atoms with E-state index in [1.807, 2.05) is 25.2 Å². The Labute approximate surface area is 125 Å². The van der Waals surface area contributed by atoms with Crippen molar-refractivity contribution in [2.75, 3.05) is 14.2 Å². The minimum atomic E-state index is 0.123. The van der Waals surface area contributed by atoms with Gasteiger partial charge in [0.05, 0.1) is 13.2 Å². The van der Waals surface area contributed by atoms with Crippen molar-refractivity contribution in [3.05, 3.63) is 63.7 Å². The van der Waals surface area contributed by atoms with Crippen LogP contribution in [-0.4, -0.2) is 14.2 Å². The molecule has 2 aromatic rings. The summed E-state index contributed by atoms with van der Waals surface area (Å²) in [5.74, 6) is 0.909. The third-order valence-corrected chi connectivity index (χ3v) is 4.07. The van der Waals surface area contributed by atoms with Crippen LogP contribution in [0.1, 0.15) is 28.3 Å². The first-order chi connectivity index (χ1) is 9.58. The molecule has 0 bridgehead atoms. The maximum atomic E-state index is 6.23. The van der Waals surface area contributed by atoms with E-state index in [2.05, 4.69) is 37.4 Å². The summed E-state index contributed by atoms with van der Waals surface area (Å²) >= 11 is 6.23. The molecule has 20 heavy (non-hydrogen) atoms. The molecule has 1 N–H and O–H groups in total. The second-order valence-electron chi connectivity index (χ2n) is 4.90. The summed E-state index contributed by atoms with van der Waals surface area (Å²) in [6.45, 7) is 4.11. The van der Waals surface area contributed by atoms with Gasteiger partial charge in [0.15, 0.2) is 0 Å². The highest BCUT2D eigenvalue weighted by Gasteiger charge is 2.16. The highest BCUT2D eigenvalue weighted by Crippen LogP contribution is 2.30. The fraction of sp³-hybridized carbons (Fsp3) is 0.294. The van der Waals surface area contributed by atoms with E-state index in [9.17, 15) is 0 Å². The van der Waals surface area contributed by atoms with Crippen molar-refractivity contribution in [1.29, 1.82) is 0 Å². The zero-order valence-electron chi connectivity index (χ0n) is 12.3. The van der Waals surface area contributed by atoms with Gasteiger partial charge in [-0.05, 0) is 55.3 Å². The molecule has 0 heterocycles. The number of aryl methyl sites for hydroxylation is 1. The van der Waals surface area contributed by atoms with Gasteiger partial charge in [-0.2, -0.15) is 0 Å². The lowest BCUT2D eigenvalue weighted by Crippen LogP contribution is -2.19. The first-order valence-electron chi connectivity index (χ1n) is 6.65. The average molecular weight is 290 g/mol. The van der Waals surface area contributed by atoms with Gasteiger partial charge in [0.1, 0.15) is 5.75 Å². The molecule has 0 fully saturated rings. The Balaban J connectivity index is 2.47. The normalized spacial score (nSPS) is 12.2. The predicted molar refractivity (Wildman–Crippen MR) is 84.8 cm³/mol. The molecule has 1 atom stereocenters. The Hall–Kier alpha value is -1.51. The number of nitrogens with one attached hydrogen (secondary N) is 1. The van der Waals surface area contributed by atoms with Gasteiger partial charge in [-0.25, -0.2) is 0 Å². The van der Waals surface area contributed by atoms with Gasteiger partial charge in [-0.15, -0.1) is 0 Å². The number of hydrogen-bond donors (Lipinski definition) is 1. The third kappa shape index (κ3) is 2.82. The first kappa shape index (κ1) is 14.9. The van der Waals surface area contributed by atoms with Crippen LogP contribution in [0.25, 0.3) is 0 Å². The van der Waals surface area contributed by atoms with Gasteiger partial charge in [0, 0.05) is 5.02 Å². The topological polar surface area (TPSA) is 21.3 Å². The summed E-state index contributed by atoms with van der Waals surface area (Å²) in [6.07, 6.45) is 0. The zero-order valence-corrected chi connectivity index (χ0v) is 13.1. The van der Waals surface area contributed by atoms with Crippen LogP contribution in [-0.2, 0) is 0 Å². The minimum absolute atomic E-state index is 0.123. The van der Waals surface area contributed by atoms with Crippen LogP contribution in [0, 0.1) is 13.8 Å². The van der Waals surface area contributed by atoms with Crippen LogP contribution in [0.4, 0.5) is 0 Å². The molecule has 0 aromatic heterocycles. The summed E-state index contributed by atoms with van der Waals surface area (Å²) in [7, 11) is 3.66. The van der Waals surface area contributed by atoms with E-state index < -0.39 is 0 Å². The summed E-state index contributed by atoms with van der Waals surface area (Å²) < 4.78 is 5.32. The van der Waals surface area contributed by atoms with Crippen LogP contribution < -0.4 is 10.1 Å². The predicted octanol–water partition coefficient (Wildman–Crippen LogP) is 4.27. The van der Waals surface area contributed by atoms with Gasteiger partial charge in [-0.3, -0.25) is 0 Å². The lowest BCUT2D eigenvalue weighted by molar-refractivity contribution is 0.411. The van der Waals surface area contributed by atoms with Gasteiger partial charge >= 0.3 is 0 Å². The van der Waals surface area contributed by atoms with Crippen molar-refractivity contribution in [3.8, 4) is 5.75 Å². The first-order valence-corrected chi connectivity index (χ1v) is 7.03. The molecule has 2 aromatic carbocycles. The van der Waals surface area contributed by atoms with Crippen LogP contribution in [0.5, 0.6) is 5.75 Å². The Morgan fingerprint density at radius 2 is 1.90 bits per heavy atom. The second kappa shape index (κ2) is 6.29. The fourth-order valence-corrected chi connectivity index (χ4v) is 2.70. The van der Waals surface area contributed by atoms with Crippen LogP contribution >= 0.6 is 11.6 Å². The Morgan fingerprint density at radius 3 is 2.50 bits per heavy atom. The molecule has 2 rings (SSSR count). The fourth-order valence-electron chi connectivity index (χ4n) is 2.52. The van der Waals surface area contributed by atoms with E-state index in [-0.39, 0.29) is 6.04 Å². The number of ether oxygens (including phenoxy) is 1. The lowest BCUT2D eigenvalue weighted by atomic mass is 9.94. The summed E-state index contributed by atoms with van der Waals surface area (Å²) in [6, 6.07) is 12.4. The largest absolute Gasteiger partial charge is 0.496 e. The quantitative estimate of drug-likeness (QED) is 0.907. The molecule has 0 aliphatic rings. The Morgan fingerprint density at radius 1 is 1.15 bits per heavy atom. The van der Waals surface area contributed by atoms with Crippen LogP contribution in [0.3, 0.4) is 0 Å². The number of halogens is 1. The highest BCUT2D eigenvalue weighted by molar-refractivity contribution is 6.31. The molecule has 0 saturated carbocycles. The molecule has 0 saturated heterocycles. The van der Waals surface area contributed by atoms with E-state index in [0.717, 1.165) is 21.9 Å². The molecule has 0 amide bonds. The van der Waals surface area contributed by atoms with Crippen LogP contribution in [0.15, 0.2) is 36.4 Å². The monoisotopic (exact) mass is 289 g/mol. The van der Waals surface area contributed by atoms with Gasteiger partial charge in [0.2, 0.25) is 0 Å². The van der Waals surface area contributed by atoms with Crippen molar-refractivity contribution in [2.45, 2.75) is 19.9 Å². The molecule has 0 aliphatic carbocycles. The van der Waals surface area contributed by atoms with Gasteiger partial charge in [0.25, 0.3) is 0 Å². The molecule has 106 valence electrons. The molecule has 3 heteroatoms. The van der Waals surface area contributed by atoms with E-state index in [1.165, 1.54) is 11.1 Å². The van der Waals surface area contributed by atoms with Gasteiger partial charge in [-0.1, -0.05) is 35.9 Å². The van der Waals surface area contributed by atoms with Crippen molar-refractivity contribution in [1.82, 2.24) is 5.32 Å². The van der Waals surface area contributed by atoms with E-state index >= 15 is 0 Å². The number of methoxy groups -OCH3 is 1. The zero-order chi connectivity index (χ0) is 14.7. The Kier molecular flexibility index (Phi) is 4.69. The summed E-state index contributed by atoms with van der Waals surface area (Å²) in [5.41, 5.74) is 4.65. The second-order valence-corrected chi connectivity index (χ2v) is 5.31. The minimum Gasteiger partial charge on any atom is -0.496 e. The number of rotatable bonds is 4. The molecule has 2 nitrogen and oxygen atoms in total. The highest BCUT2D eigenvalue weighted by atomic mass is 35.5. The maximum Gasteiger partial charge on any atom is 0.121 e. The molecule has 0 spiro atoms. The van der Waals surface area contributed by atoms with Crippen LogP contribution in [0.2, 0.25) is 5.02 Å².